The minimum atomic E-state index is -0.650. The lowest BCUT2D eigenvalue weighted by Crippen LogP contribution is -2.45. The Morgan fingerprint density at radius 3 is 2.81 bits per heavy atom. The van der Waals surface area contributed by atoms with Crippen molar-refractivity contribution in [2.24, 2.45) is 0 Å². The zero-order valence-corrected chi connectivity index (χ0v) is 12.4. The molecule has 0 heterocycles. The van der Waals surface area contributed by atoms with Crippen LogP contribution in [0.1, 0.15) is 19.4 Å². The van der Waals surface area contributed by atoms with Crippen LogP contribution in [0.4, 0.5) is 5.69 Å². The molecule has 0 atom stereocenters. The number of ether oxygens (including phenoxy) is 1. The summed E-state index contributed by atoms with van der Waals surface area (Å²) in [6.45, 7) is 7.30. The summed E-state index contributed by atoms with van der Waals surface area (Å²) in [6, 6.07) is 5.27. The number of hydrogen-bond donors (Lipinski definition) is 3. The van der Waals surface area contributed by atoms with Gasteiger partial charge in [0.25, 0.3) is 0 Å². The first-order chi connectivity index (χ1) is 9.88. The summed E-state index contributed by atoms with van der Waals surface area (Å²) >= 11 is 0. The smallest absolute Gasteiger partial charge is 0.244 e. The third-order valence-electron chi connectivity index (χ3n) is 2.67. The molecule has 0 aromatic heterocycles. The zero-order chi connectivity index (χ0) is 15.9. The molecule has 0 aliphatic heterocycles. The van der Waals surface area contributed by atoms with Crippen LogP contribution in [0.15, 0.2) is 36.9 Å². The van der Waals surface area contributed by atoms with E-state index in [2.05, 4.69) is 11.9 Å². The fraction of sp³-hybridized carbons (Fsp3) is 0.312. The van der Waals surface area contributed by atoms with Gasteiger partial charge < -0.3 is 20.9 Å². The maximum absolute atomic E-state index is 11.7. The van der Waals surface area contributed by atoms with Gasteiger partial charge in [0.15, 0.2) is 0 Å². The molecule has 0 spiro atoms. The van der Waals surface area contributed by atoms with Crippen molar-refractivity contribution < 1.29 is 14.6 Å². The van der Waals surface area contributed by atoms with E-state index >= 15 is 0 Å². The highest BCUT2D eigenvalue weighted by atomic mass is 16.5. The second kappa shape index (κ2) is 7.50. The third-order valence-corrected chi connectivity index (χ3v) is 2.67. The van der Waals surface area contributed by atoms with Gasteiger partial charge in [-0.05, 0) is 37.6 Å². The van der Waals surface area contributed by atoms with E-state index in [0.717, 1.165) is 5.56 Å². The Balaban J connectivity index is 2.70. The lowest BCUT2D eigenvalue weighted by Gasteiger charge is -2.22. The van der Waals surface area contributed by atoms with Crippen molar-refractivity contribution in [2.45, 2.75) is 19.4 Å². The summed E-state index contributed by atoms with van der Waals surface area (Å²) in [6.07, 6.45) is 4.69. The number of nitrogens with two attached hydrogens (primary N) is 1. The van der Waals surface area contributed by atoms with Crippen molar-refractivity contribution in [3.05, 3.63) is 42.5 Å². The molecule has 114 valence electrons. The van der Waals surface area contributed by atoms with Gasteiger partial charge >= 0.3 is 0 Å². The van der Waals surface area contributed by atoms with Gasteiger partial charge in [0.05, 0.1) is 17.8 Å². The van der Waals surface area contributed by atoms with Crippen LogP contribution in [0.25, 0.3) is 6.08 Å². The Bertz CT molecular complexity index is 536. The van der Waals surface area contributed by atoms with Gasteiger partial charge in [-0.15, -0.1) is 0 Å². The normalized spacial score (nSPS) is 11.4. The second-order valence-electron chi connectivity index (χ2n) is 5.26. The van der Waals surface area contributed by atoms with Crippen LogP contribution < -0.4 is 15.8 Å². The first kappa shape index (κ1) is 16.8. The number of aliphatic hydroxyl groups is 1. The van der Waals surface area contributed by atoms with E-state index in [0.29, 0.717) is 18.0 Å². The molecular formula is C16H22N2O3. The molecule has 0 radical (unpaired) electrons. The molecule has 4 N–H and O–H groups in total. The highest BCUT2D eigenvalue weighted by molar-refractivity contribution is 5.92. The Labute approximate surface area is 125 Å². The topological polar surface area (TPSA) is 84.6 Å². The fourth-order valence-corrected chi connectivity index (χ4v) is 1.54. The van der Waals surface area contributed by atoms with Gasteiger partial charge in [-0.2, -0.15) is 0 Å². The number of rotatable bonds is 7. The van der Waals surface area contributed by atoms with Gasteiger partial charge in [0.1, 0.15) is 12.4 Å². The van der Waals surface area contributed by atoms with Crippen LogP contribution in [-0.2, 0) is 4.79 Å². The van der Waals surface area contributed by atoms with Crippen LogP contribution in [0.5, 0.6) is 5.75 Å². The first-order valence-electron chi connectivity index (χ1n) is 6.62. The molecule has 5 nitrogen and oxygen atoms in total. The van der Waals surface area contributed by atoms with E-state index in [1.54, 1.807) is 44.2 Å². The molecule has 1 aromatic carbocycles. The average molecular weight is 290 g/mol. The summed E-state index contributed by atoms with van der Waals surface area (Å²) in [7, 11) is 0. The third kappa shape index (κ3) is 5.71. The zero-order valence-electron chi connectivity index (χ0n) is 12.4. The van der Waals surface area contributed by atoms with E-state index in [1.165, 1.54) is 6.08 Å². The highest BCUT2D eigenvalue weighted by Gasteiger charge is 2.17. The number of nitrogen functional groups attached to an aromatic ring is 1. The number of nitrogens with one attached hydrogen (secondary N) is 1. The number of carbonyl (C=O) groups is 1. The predicted octanol–water partition coefficient (Wildman–Crippen LogP) is 1.73. The van der Waals surface area contributed by atoms with Crippen molar-refractivity contribution in [1.29, 1.82) is 0 Å². The van der Waals surface area contributed by atoms with Gasteiger partial charge in [0.2, 0.25) is 5.91 Å². The SMILES string of the molecule is C=CCOc1ccc(/C=C\C(=O)NC(C)(C)CO)cc1N. The van der Waals surface area contributed by atoms with Crippen molar-refractivity contribution in [2.75, 3.05) is 18.9 Å². The van der Waals surface area contributed by atoms with E-state index in [9.17, 15) is 4.79 Å². The van der Waals surface area contributed by atoms with Crippen LogP contribution in [0.3, 0.4) is 0 Å². The standard InChI is InChI=1S/C16H22N2O3/c1-4-9-21-14-7-5-12(10-13(14)17)6-8-15(20)18-16(2,3)11-19/h4-8,10,19H,1,9,11,17H2,2-3H3,(H,18,20)/b8-6-. The summed E-state index contributed by atoms with van der Waals surface area (Å²) in [5.41, 5.74) is 6.50. The second-order valence-corrected chi connectivity index (χ2v) is 5.26. The summed E-state index contributed by atoms with van der Waals surface area (Å²) in [4.78, 5) is 11.7. The summed E-state index contributed by atoms with van der Waals surface area (Å²) in [5, 5.41) is 11.8. The van der Waals surface area contributed by atoms with Gasteiger partial charge in [-0.25, -0.2) is 0 Å². The largest absolute Gasteiger partial charge is 0.487 e. The van der Waals surface area contributed by atoms with E-state index in [-0.39, 0.29) is 12.5 Å². The predicted molar refractivity (Wildman–Crippen MR) is 84.9 cm³/mol. The highest BCUT2D eigenvalue weighted by Crippen LogP contribution is 2.23. The maximum atomic E-state index is 11.7. The number of aliphatic hydroxyl groups excluding tert-OH is 1. The molecule has 1 rings (SSSR count). The Hall–Kier alpha value is -2.27. The van der Waals surface area contributed by atoms with Crippen LogP contribution in [0.2, 0.25) is 0 Å². The molecule has 0 bridgehead atoms. The number of anilines is 1. The van der Waals surface area contributed by atoms with Crippen molar-refractivity contribution in [1.82, 2.24) is 5.32 Å². The maximum Gasteiger partial charge on any atom is 0.244 e. The number of amides is 1. The number of hydrogen-bond acceptors (Lipinski definition) is 4. The fourth-order valence-electron chi connectivity index (χ4n) is 1.54. The molecule has 0 aliphatic carbocycles. The van der Waals surface area contributed by atoms with Crippen molar-refractivity contribution >= 4 is 17.7 Å². The lowest BCUT2D eigenvalue weighted by atomic mass is 10.1. The van der Waals surface area contributed by atoms with Crippen molar-refractivity contribution in [3.63, 3.8) is 0 Å². The van der Waals surface area contributed by atoms with E-state index in [4.69, 9.17) is 15.6 Å². The quantitative estimate of drug-likeness (QED) is 0.405. The van der Waals surface area contributed by atoms with Crippen LogP contribution in [0, 0.1) is 0 Å². The molecule has 1 aromatic rings. The molecular weight excluding hydrogens is 268 g/mol. The molecule has 0 saturated carbocycles. The molecule has 21 heavy (non-hydrogen) atoms. The van der Waals surface area contributed by atoms with E-state index in [1.807, 2.05) is 0 Å². The molecule has 0 saturated heterocycles. The van der Waals surface area contributed by atoms with Gasteiger partial charge in [-0.3, -0.25) is 4.79 Å². The Morgan fingerprint density at radius 2 is 2.24 bits per heavy atom. The first-order valence-corrected chi connectivity index (χ1v) is 6.62. The summed E-state index contributed by atoms with van der Waals surface area (Å²) in [5.74, 6) is 0.303. The number of benzene rings is 1. The lowest BCUT2D eigenvalue weighted by molar-refractivity contribution is -0.118. The van der Waals surface area contributed by atoms with Crippen LogP contribution >= 0.6 is 0 Å². The van der Waals surface area contributed by atoms with E-state index < -0.39 is 5.54 Å². The minimum Gasteiger partial charge on any atom is -0.487 e. The molecule has 0 fully saturated rings. The Kier molecular flexibility index (Phi) is 5.99. The monoisotopic (exact) mass is 290 g/mol. The molecule has 5 heteroatoms. The minimum absolute atomic E-state index is 0.130. The average Bonchev–Trinajstić information content (AvgIpc) is 2.43. The summed E-state index contributed by atoms with van der Waals surface area (Å²) < 4.78 is 5.37. The Morgan fingerprint density at radius 1 is 1.52 bits per heavy atom. The number of carbonyl (C=O) groups excluding carboxylic acids is 1. The molecule has 1 amide bonds. The molecule has 0 unspecified atom stereocenters. The van der Waals surface area contributed by atoms with Gasteiger partial charge in [-0.1, -0.05) is 18.7 Å². The van der Waals surface area contributed by atoms with Gasteiger partial charge in [0, 0.05) is 6.08 Å². The van der Waals surface area contributed by atoms with Crippen LogP contribution in [-0.4, -0.2) is 29.8 Å². The van der Waals surface area contributed by atoms with Crippen molar-refractivity contribution in [3.8, 4) is 5.75 Å². The molecule has 0 aliphatic rings.